The summed E-state index contributed by atoms with van der Waals surface area (Å²) in [5, 5.41) is 10.7. The first-order valence-electron chi connectivity index (χ1n) is 10.4. The van der Waals surface area contributed by atoms with E-state index >= 15 is 0 Å². The molecule has 4 aromatic rings. The lowest BCUT2D eigenvalue weighted by molar-refractivity contribution is 0.303. The zero-order valence-corrected chi connectivity index (χ0v) is 18.7. The number of aryl methyl sites for hydroxylation is 2. The predicted molar refractivity (Wildman–Crippen MR) is 127 cm³/mol. The van der Waals surface area contributed by atoms with Gasteiger partial charge in [-0.1, -0.05) is 29.8 Å². The van der Waals surface area contributed by atoms with Crippen LogP contribution in [0.15, 0.2) is 66.9 Å². The van der Waals surface area contributed by atoms with E-state index in [0.29, 0.717) is 40.9 Å². The monoisotopic (exact) mass is 443 g/mol. The van der Waals surface area contributed by atoms with Gasteiger partial charge in [-0.2, -0.15) is 0 Å². The number of methoxy groups -OCH3 is 1. The molecule has 7 heteroatoms. The molecule has 168 valence electrons. The number of ether oxygens (including phenoxy) is 3. The molecule has 0 saturated carbocycles. The summed E-state index contributed by atoms with van der Waals surface area (Å²) in [6, 6.07) is 18.4. The fourth-order valence-corrected chi connectivity index (χ4v) is 3.36. The van der Waals surface area contributed by atoms with Gasteiger partial charge in [0.15, 0.2) is 5.75 Å². The summed E-state index contributed by atoms with van der Waals surface area (Å²) in [6.07, 6.45) is 1.47. The molecule has 7 nitrogen and oxygen atoms in total. The molecule has 33 heavy (non-hydrogen) atoms. The van der Waals surface area contributed by atoms with Crippen molar-refractivity contribution in [3.05, 3.63) is 83.6 Å². The Balaban J connectivity index is 1.60. The first kappa shape index (κ1) is 22.0. The molecule has 0 atom stereocenters. The molecule has 0 saturated heterocycles. The molecule has 1 aromatic heterocycles. The van der Waals surface area contributed by atoms with Crippen molar-refractivity contribution < 1.29 is 19.3 Å². The number of aromatic hydroxyl groups is 1. The number of nitrogen functional groups attached to an aromatic ring is 1. The van der Waals surface area contributed by atoms with Gasteiger partial charge in [-0.3, -0.25) is 0 Å². The summed E-state index contributed by atoms with van der Waals surface area (Å²) < 4.78 is 17.1. The quantitative estimate of drug-likeness (QED) is 0.393. The molecular formula is C26H25N3O4. The van der Waals surface area contributed by atoms with Crippen LogP contribution in [0.5, 0.6) is 28.7 Å². The summed E-state index contributed by atoms with van der Waals surface area (Å²) in [7, 11) is 1.58. The van der Waals surface area contributed by atoms with Gasteiger partial charge in [-0.15, -0.1) is 0 Å². The molecule has 4 rings (SSSR count). The van der Waals surface area contributed by atoms with E-state index in [9.17, 15) is 5.11 Å². The Hall–Kier alpha value is -4.26. The van der Waals surface area contributed by atoms with E-state index in [0.717, 1.165) is 11.1 Å². The summed E-state index contributed by atoms with van der Waals surface area (Å²) in [5.74, 6) is 2.13. The van der Waals surface area contributed by atoms with Crippen molar-refractivity contribution in [3.63, 3.8) is 0 Å². The minimum Gasteiger partial charge on any atom is -0.507 e. The number of hydrogen-bond acceptors (Lipinski definition) is 7. The van der Waals surface area contributed by atoms with Crippen molar-refractivity contribution in [2.45, 2.75) is 20.5 Å². The van der Waals surface area contributed by atoms with Gasteiger partial charge >= 0.3 is 0 Å². The van der Waals surface area contributed by atoms with Gasteiger partial charge < -0.3 is 25.1 Å². The highest BCUT2D eigenvalue weighted by molar-refractivity contribution is 5.73. The van der Waals surface area contributed by atoms with Crippen molar-refractivity contribution in [3.8, 4) is 40.0 Å². The van der Waals surface area contributed by atoms with Crippen LogP contribution in [-0.4, -0.2) is 22.2 Å². The maximum atomic E-state index is 10.7. The van der Waals surface area contributed by atoms with E-state index in [2.05, 4.69) is 28.2 Å². The van der Waals surface area contributed by atoms with E-state index in [1.807, 2.05) is 26.0 Å². The largest absolute Gasteiger partial charge is 0.507 e. The van der Waals surface area contributed by atoms with E-state index in [1.54, 1.807) is 37.4 Å². The summed E-state index contributed by atoms with van der Waals surface area (Å²) in [4.78, 5) is 8.33. The van der Waals surface area contributed by atoms with Gasteiger partial charge in [0, 0.05) is 17.7 Å². The second-order valence-corrected chi connectivity index (χ2v) is 7.62. The Bertz CT molecular complexity index is 1290. The van der Waals surface area contributed by atoms with Crippen LogP contribution in [0.4, 0.5) is 5.95 Å². The average Bonchev–Trinajstić information content (AvgIpc) is 2.81. The van der Waals surface area contributed by atoms with Gasteiger partial charge in [0.1, 0.15) is 35.3 Å². The van der Waals surface area contributed by atoms with Crippen molar-refractivity contribution >= 4 is 5.95 Å². The number of hydrogen-bond donors (Lipinski definition) is 2. The van der Waals surface area contributed by atoms with Crippen molar-refractivity contribution in [1.82, 2.24) is 9.97 Å². The third kappa shape index (κ3) is 5.15. The highest BCUT2D eigenvalue weighted by Crippen LogP contribution is 2.38. The molecule has 3 aromatic carbocycles. The molecular weight excluding hydrogens is 418 g/mol. The zero-order chi connectivity index (χ0) is 23.4. The minimum absolute atomic E-state index is 0.0120. The lowest BCUT2D eigenvalue weighted by Crippen LogP contribution is -2.00. The number of nitrogens with two attached hydrogens (primary N) is 1. The van der Waals surface area contributed by atoms with Crippen molar-refractivity contribution in [2.75, 3.05) is 12.8 Å². The van der Waals surface area contributed by atoms with Crippen LogP contribution in [0.3, 0.4) is 0 Å². The van der Waals surface area contributed by atoms with E-state index < -0.39 is 0 Å². The van der Waals surface area contributed by atoms with E-state index in [1.165, 1.54) is 11.8 Å². The molecule has 0 bridgehead atoms. The smallest absolute Gasteiger partial charge is 0.220 e. The van der Waals surface area contributed by atoms with Crippen LogP contribution in [0.1, 0.15) is 16.7 Å². The number of phenols is 1. The average molecular weight is 444 g/mol. The maximum Gasteiger partial charge on any atom is 0.220 e. The third-order valence-electron chi connectivity index (χ3n) is 5.17. The fourth-order valence-electron chi connectivity index (χ4n) is 3.36. The van der Waals surface area contributed by atoms with Crippen LogP contribution in [0.25, 0.3) is 11.3 Å². The highest BCUT2D eigenvalue weighted by atomic mass is 16.5. The molecule has 0 fully saturated rings. The molecule has 0 unspecified atom stereocenters. The summed E-state index contributed by atoms with van der Waals surface area (Å²) >= 11 is 0. The van der Waals surface area contributed by atoms with E-state index in [4.69, 9.17) is 19.9 Å². The first-order valence-corrected chi connectivity index (χ1v) is 10.4. The number of anilines is 1. The topological polar surface area (TPSA) is 99.7 Å². The van der Waals surface area contributed by atoms with Crippen molar-refractivity contribution in [1.29, 1.82) is 0 Å². The second-order valence-electron chi connectivity index (χ2n) is 7.62. The number of nitrogens with zero attached hydrogens (tertiary/aromatic N) is 2. The number of benzene rings is 3. The maximum absolute atomic E-state index is 10.7. The second kappa shape index (κ2) is 9.48. The molecule has 0 spiro atoms. The normalized spacial score (nSPS) is 10.6. The molecule has 0 aliphatic rings. The van der Waals surface area contributed by atoms with Gasteiger partial charge in [0.25, 0.3) is 0 Å². The number of aromatic nitrogens is 2. The Kier molecular flexibility index (Phi) is 6.31. The molecule has 3 N–H and O–H groups in total. The van der Waals surface area contributed by atoms with Crippen LogP contribution in [0.2, 0.25) is 0 Å². The van der Waals surface area contributed by atoms with Gasteiger partial charge in [0.05, 0.1) is 13.3 Å². The zero-order valence-electron chi connectivity index (χ0n) is 18.7. The molecule has 0 aliphatic carbocycles. The SMILES string of the molecule is COc1cccc(Oc2cnc(N)nc2-c2ccc(OCc3cc(C)ccc3C)cc2O)c1. The molecule has 0 radical (unpaired) electrons. The third-order valence-corrected chi connectivity index (χ3v) is 5.17. The Morgan fingerprint density at radius 1 is 0.939 bits per heavy atom. The lowest BCUT2D eigenvalue weighted by atomic mass is 10.1. The van der Waals surface area contributed by atoms with Crippen LogP contribution in [0, 0.1) is 13.8 Å². The Labute approximate surface area is 192 Å². The fraction of sp³-hybridized carbons (Fsp3) is 0.154. The van der Waals surface area contributed by atoms with Gasteiger partial charge in [0.2, 0.25) is 5.95 Å². The molecule has 0 amide bonds. The molecule has 0 aliphatic heterocycles. The first-order chi connectivity index (χ1) is 15.9. The van der Waals surface area contributed by atoms with Crippen molar-refractivity contribution in [2.24, 2.45) is 0 Å². The summed E-state index contributed by atoms with van der Waals surface area (Å²) in [6.45, 7) is 4.49. The number of phenolic OH excluding ortho intramolecular Hbond substituents is 1. The van der Waals surface area contributed by atoms with Crippen LogP contribution < -0.4 is 19.9 Å². The lowest BCUT2D eigenvalue weighted by Gasteiger charge is -2.14. The van der Waals surface area contributed by atoms with Crippen LogP contribution in [-0.2, 0) is 6.61 Å². The predicted octanol–water partition coefficient (Wildman–Crippen LogP) is 5.43. The summed E-state index contributed by atoms with van der Waals surface area (Å²) in [5.41, 5.74) is 10.0. The van der Waals surface area contributed by atoms with Crippen LogP contribution >= 0.6 is 0 Å². The van der Waals surface area contributed by atoms with E-state index in [-0.39, 0.29) is 11.7 Å². The highest BCUT2D eigenvalue weighted by Gasteiger charge is 2.16. The van der Waals surface area contributed by atoms with Gasteiger partial charge in [-0.25, -0.2) is 9.97 Å². The minimum atomic E-state index is -0.0120. The Morgan fingerprint density at radius 3 is 2.55 bits per heavy atom. The Morgan fingerprint density at radius 2 is 1.76 bits per heavy atom. The van der Waals surface area contributed by atoms with Gasteiger partial charge in [-0.05, 0) is 49.2 Å². The number of rotatable bonds is 7. The molecule has 1 heterocycles. The standard InChI is InChI=1S/C26H25N3O4/c1-16-7-8-17(2)18(11-16)15-32-20-9-10-22(23(30)13-20)25-24(14-28-26(27)29-25)33-21-6-4-5-19(12-21)31-3/h4-14,30H,15H2,1-3H3,(H2,27,28,29).